The summed E-state index contributed by atoms with van der Waals surface area (Å²) in [5, 5.41) is 46.4. The molecule has 0 bridgehead atoms. The van der Waals surface area contributed by atoms with Gasteiger partial charge in [0.1, 0.15) is 24.2 Å². The number of halogens is 9. The minimum Gasteiger partial charge on any atom is -0.480 e. The lowest BCUT2D eigenvalue weighted by Gasteiger charge is -2.23. The van der Waals surface area contributed by atoms with E-state index in [2.05, 4.69) is 41.9 Å². The molecule has 27 nitrogen and oxygen atoms in total. The van der Waals surface area contributed by atoms with Crippen LogP contribution in [-0.4, -0.2) is 167 Å². The largest absolute Gasteiger partial charge is 0.490 e. The van der Waals surface area contributed by atoms with Crippen molar-refractivity contribution in [3.05, 3.63) is 0 Å². The van der Waals surface area contributed by atoms with E-state index in [0.717, 1.165) is 0 Å². The number of hydrogen-bond donors (Lipinski definition) is 15. The number of hydrogen-bond acceptors (Lipinski definition) is 13. The van der Waals surface area contributed by atoms with E-state index in [1.807, 2.05) is 0 Å². The van der Waals surface area contributed by atoms with Crippen molar-refractivity contribution in [2.45, 2.75) is 113 Å². The predicted molar refractivity (Wildman–Crippen MR) is 224 cm³/mol. The number of unbranched alkanes of at least 4 members (excludes halogenated alkanes) is 1. The summed E-state index contributed by atoms with van der Waals surface area (Å²) in [6.07, 6.45) is -14.4. The van der Waals surface area contributed by atoms with Crippen LogP contribution in [-0.2, 0) is 47.9 Å². The van der Waals surface area contributed by atoms with Crippen molar-refractivity contribution in [2.24, 2.45) is 38.7 Å². The van der Waals surface area contributed by atoms with Gasteiger partial charge in [-0.25, -0.2) is 19.2 Å². The minimum absolute atomic E-state index is 0.0248. The number of amides is 6. The number of alkyl halides is 9. The molecule has 1 aliphatic rings. The van der Waals surface area contributed by atoms with Crippen molar-refractivity contribution in [3.63, 3.8) is 0 Å². The van der Waals surface area contributed by atoms with Gasteiger partial charge in [0.2, 0.25) is 35.4 Å². The first-order chi connectivity index (χ1) is 32.6. The molecule has 408 valence electrons. The molecule has 0 saturated carbocycles. The van der Waals surface area contributed by atoms with Crippen LogP contribution in [0.1, 0.15) is 70.6 Å². The highest BCUT2D eigenvalue weighted by Crippen LogP contribution is 2.15. The van der Waals surface area contributed by atoms with Crippen molar-refractivity contribution in [1.29, 1.82) is 0 Å². The van der Waals surface area contributed by atoms with Gasteiger partial charge in [0.25, 0.3) is 0 Å². The van der Waals surface area contributed by atoms with E-state index in [1.165, 1.54) is 0 Å². The van der Waals surface area contributed by atoms with Gasteiger partial charge in [-0.3, -0.25) is 38.8 Å². The first-order valence-corrected chi connectivity index (χ1v) is 20.2. The zero-order valence-corrected chi connectivity index (χ0v) is 37.2. The number of nitrogens with two attached hydrogens (primary N) is 5. The zero-order valence-electron chi connectivity index (χ0n) is 37.2. The second kappa shape index (κ2) is 34.8. The van der Waals surface area contributed by atoms with Gasteiger partial charge in [0.05, 0.1) is 0 Å². The minimum atomic E-state index is -5.08. The maximum Gasteiger partial charge on any atom is 0.490 e. The summed E-state index contributed by atoms with van der Waals surface area (Å²) >= 11 is 0. The maximum atomic E-state index is 13.2. The Balaban J connectivity index is -0.00000181. The van der Waals surface area contributed by atoms with Crippen LogP contribution in [0, 0.1) is 0 Å². The molecule has 6 amide bonds. The standard InChI is InChI=1S/C29H53N13O8.3C2HF3O2/c30-12-2-1-5-17-24(46)35-15-10-22(44)40-18(6-3-13-37-28(31)32)25(47)36-16-11-23(45)41-19(7-4-14-38-29(33)34)26(48)42-20(27(49)50)8-9-21(43)39-17;3*3-2(4,5)1(6)7/h17-20H,1-16,30H2,(H,35,46)(H,36,47)(H,39,43)(H,40,44)(H,41,45)(H,42,48)(H,49,50)(H4,31,32,37)(H4,33,34,38);3*(H,6,7)/t17-,18-,19-,20-;;;/m0.../s1. The van der Waals surface area contributed by atoms with E-state index < -0.39 is 102 Å². The van der Waals surface area contributed by atoms with Crippen LogP contribution >= 0.6 is 0 Å². The van der Waals surface area contributed by atoms with E-state index in [-0.39, 0.29) is 89.5 Å². The number of carboxylic acids is 4. The molecule has 0 aromatic carbocycles. The van der Waals surface area contributed by atoms with E-state index in [9.17, 15) is 78.2 Å². The summed E-state index contributed by atoms with van der Waals surface area (Å²) in [6, 6.07) is -4.75. The summed E-state index contributed by atoms with van der Waals surface area (Å²) in [7, 11) is 0. The molecular formula is C35H56F9N13O14. The van der Waals surface area contributed by atoms with E-state index in [1.54, 1.807) is 0 Å². The van der Waals surface area contributed by atoms with Gasteiger partial charge in [-0.2, -0.15) is 39.5 Å². The van der Waals surface area contributed by atoms with Crippen LogP contribution in [0.15, 0.2) is 9.98 Å². The van der Waals surface area contributed by atoms with Crippen molar-refractivity contribution in [1.82, 2.24) is 31.9 Å². The van der Waals surface area contributed by atoms with Gasteiger partial charge in [0, 0.05) is 45.4 Å². The highest BCUT2D eigenvalue weighted by molar-refractivity contribution is 5.92. The molecule has 1 rings (SSSR count). The van der Waals surface area contributed by atoms with Gasteiger partial charge in [-0.15, -0.1) is 0 Å². The van der Waals surface area contributed by atoms with Gasteiger partial charge in [-0.05, 0) is 57.9 Å². The number of carboxylic acid groups (broad SMARTS) is 4. The third-order valence-electron chi connectivity index (χ3n) is 8.10. The molecule has 71 heavy (non-hydrogen) atoms. The Morgan fingerprint density at radius 1 is 0.507 bits per heavy atom. The molecule has 1 heterocycles. The molecular weight excluding hydrogens is 997 g/mol. The van der Waals surface area contributed by atoms with Gasteiger partial charge in [0.15, 0.2) is 11.9 Å². The molecule has 1 saturated heterocycles. The molecule has 0 aromatic rings. The third kappa shape index (κ3) is 37.2. The topological polar surface area (TPSA) is 479 Å². The SMILES string of the molecule is NCCCC[C@@H]1NC(=O)CC[C@@H](C(=O)O)NC(=O)[C@H](CCCN=C(N)N)NC(=O)CCNC(=O)[C@H](CCCN=C(N)N)NC(=O)CCNC1=O.O=C(O)C(F)(F)F.O=C(O)C(F)(F)F.O=C(O)C(F)(F)F. The molecule has 4 atom stereocenters. The second-order valence-electron chi connectivity index (χ2n) is 14.0. The average molecular weight is 1050 g/mol. The molecule has 0 spiro atoms. The average Bonchev–Trinajstić information content (AvgIpc) is 3.23. The number of carbonyl (C=O) groups excluding carboxylic acids is 6. The van der Waals surface area contributed by atoms with Crippen LogP contribution in [0.5, 0.6) is 0 Å². The number of aliphatic carboxylic acids is 4. The van der Waals surface area contributed by atoms with Gasteiger partial charge >= 0.3 is 42.4 Å². The number of carbonyl (C=O) groups is 10. The smallest absolute Gasteiger partial charge is 0.480 e. The summed E-state index contributed by atoms with van der Waals surface area (Å²) < 4.78 is 95.2. The Kier molecular flexibility index (Phi) is 33.2. The number of guanidine groups is 2. The second-order valence-corrected chi connectivity index (χ2v) is 14.0. The fraction of sp³-hybridized carbons (Fsp3) is 0.657. The molecule has 1 aliphatic heterocycles. The molecule has 20 N–H and O–H groups in total. The monoisotopic (exact) mass is 1050 g/mol. The molecule has 0 radical (unpaired) electrons. The Bertz CT molecular complexity index is 1770. The zero-order chi connectivity index (χ0) is 55.7. The van der Waals surface area contributed by atoms with E-state index in [0.29, 0.717) is 25.8 Å². The van der Waals surface area contributed by atoms with Gasteiger partial charge in [-0.1, -0.05) is 0 Å². The van der Waals surface area contributed by atoms with Crippen molar-refractivity contribution >= 4 is 71.2 Å². The molecule has 0 unspecified atom stereocenters. The Hall–Kier alpha value is -7.43. The van der Waals surface area contributed by atoms with Gasteiger partial charge < -0.3 is 81.0 Å². The van der Waals surface area contributed by atoms with E-state index in [4.69, 9.17) is 58.4 Å². The van der Waals surface area contributed by atoms with Crippen molar-refractivity contribution in [3.8, 4) is 0 Å². The van der Waals surface area contributed by atoms with Crippen molar-refractivity contribution in [2.75, 3.05) is 32.7 Å². The fourth-order valence-electron chi connectivity index (χ4n) is 4.76. The number of aliphatic imine (C=N–C) groups is 2. The molecule has 1 fully saturated rings. The van der Waals surface area contributed by atoms with Crippen LogP contribution < -0.4 is 60.6 Å². The Labute approximate surface area is 395 Å². The quantitative estimate of drug-likeness (QED) is 0.0377. The first kappa shape index (κ1) is 67.8. The summed E-state index contributed by atoms with van der Waals surface area (Å²) in [5.41, 5.74) is 27.0. The highest BCUT2D eigenvalue weighted by Gasteiger charge is 2.39. The van der Waals surface area contributed by atoms with Crippen LogP contribution in [0.4, 0.5) is 39.5 Å². The predicted octanol–water partition coefficient (Wildman–Crippen LogP) is -3.05. The summed E-state index contributed by atoms with van der Waals surface area (Å²) in [5.74, 6) is -13.8. The Morgan fingerprint density at radius 3 is 1.11 bits per heavy atom. The summed E-state index contributed by atoms with van der Waals surface area (Å²) in [4.78, 5) is 124. The first-order valence-electron chi connectivity index (χ1n) is 20.2. The number of nitrogens with zero attached hydrogens (tertiary/aromatic N) is 2. The van der Waals surface area contributed by atoms with E-state index >= 15 is 0 Å². The maximum absolute atomic E-state index is 13.2. The van der Waals surface area contributed by atoms with Crippen LogP contribution in [0.25, 0.3) is 0 Å². The number of rotatable bonds is 13. The number of nitrogens with one attached hydrogen (secondary N) is 6. The lowest BCUT2D eigenvalue weighted by atomic mass is 10.1. The lowest BCUT2D eigenvalue weighted by molar-refractivity contribution is -0.193. The van der Waals surface area contributed by atoms with Crippen molar-refractivity contribution < 1.29 is 108 Å². The normalized spacial score (nSPS) is 18.9. The Morgan fingerprint density at radius 2 is 0.817 bits per heavy atom. The summed E-state index contributed by atoms with van der Waals surface area (Å²) in [6.45, 7) is 0.390. The lowest BCUT2D eigenvalue weighted by Crippen LogP contribution is -2.53. The van der Waals surface area contributed by atoms with Crippen LogP contribution in [0.2, 0.25) is 0 Å². The molecule has 0 aliphatic carbocycles. The fourth-order valence-corrected chi connectivity index (χ4v) is 4.76. The van der Waals surface area contributed by atoms with Crippen LogP contribution in [0.3, 0.4) is 0 Å². The molecule has 0 aromatic heterocycles. The highest BCUT2D eigenvalue weighted by atomic mass is 19.4. The third-order valence-corrected chi connectivity index (χ3v) is 8.10. The molecule has 36 heteroatoms.